The monoisotopic (exact) mass is 361 g/mol. The van der Waals surface area contributed by atoms with Gasteiger partial charge in [-0.3, -0.25) is 14.5 Å². The first kappa shape index (κ1) is 17.8. The minimum absolute atomic E-state index is 0.118. The van der Waals surface area contributed by atoms with Gasteiger partial charge in [0.1, 0.15) is 6.10 Å². The van der Waals surface area contributed by atoms with Crippen molar-refractivity contribution < 1.29 is 23.9 Å². The summed E-state index contributed by atoms with van der Waals surface area (Å²) < 4.78 is 10.7. The summed E-state index contributed by atoms with van der Waals surface area (Å²) in [7, 11) is 2.85. The highest BCUT2D eigenvalue weighted by Gasteiger charge is 2.37. The van der Waals surface area contributed by atoms with Crippen LogP contribution in [0.15, 0.2) is 17.4 Å². The Bertz CT molecular complexity index is 727. The molecule has 138 valence electrons. The largest absolute Gasteiger partial charge is 0.494 e. The number of nitrogens with zero attached hydrogens (tertiary/aromatic N) is 5. The average molecular weight is 361 g/mol. The second kappa shape index (κ2) is 7.46. The van der Waals surface area contributed by atoms with E-state index in [0.29, 0.717) is 31.7 Å². The van der Waals surface area contributed by atoms with Gasteiger partial charge in [-0.05, 0) is 0 Å². The van der Waals surface area contributed by atoms with Gasteiger partial charge in [-0.1, -0.05) is 0 Å². The first-order valence-corrected chi connectivity index (χ1v) is 8.17. The SMILES string of the molecule is COc1cnc(OC2CCN(C(=O)C3C=NC(=O)N(C)C3=O)CC2)nc1. The topological polar surface area (TPSA) is 114 Å². The van der Waals surface area contributed by atoms with Gasteiger partial charge in [0, 0.05) is 39.2 Å². The van der Waals surface area contributed by atoms with E-state index < -0.39 is 17.9 Å². The Morgan fingerprint density at radius 1 is 1.19 bits per heavy atom. The van der Waals surface area contributed by atoms with Crippen LogP contribution in [0, 0.1) is 5.92 Å². The van der Waals surface area contributed by atoms with Crippen LogP contribution in [-0.2, 0) is 9.59 Å². The summed E-state index contributed by atoms with van der Waals surface area (Å²) in [6.45, 7) is 0.879. The molecule has 3 rings (SSSR count). The summed E-state index contributed by atoms with van der Waals surface area (Å²) in [6.07, 6.45) is 5.23. The van der Waals surface area contributed by atoms with Crippen LogP contribution in [0.25, 0.3) is 0 Å². The van der Waals surface area contributed by atoms with Gasteiger partial charge in [0.15, 0.2) is 11.7 Å². The van der Waals surface area contributed by atoms with Crippen LogP contribution in [0.3, 0.4) is 0 Å². The maximum absolute atomic E-state index is 12.5. The fourth-order valence-electron chi connectivity index (χ4n) is 2.77. The molecule has 1 saturated heterocycles. The Labute approximate surface area is 149 Å². The van der Waals surface area contributed by atoms with Crippen LogP contribution in [0.1, 0.15) is 12.8 Å². The predicted octanol–water partition coefficient (Wildman–Crippen LogP) is 0.134. The minimum atomic E-state index is -1.04. The summed E-state index contributed by atoms with van der Waals surface area (Å²) in [5.74, 6) is -1.41. The van der Waals surface area contributed by atoms with Gasteiger partial charge in [-0.2, -0.15) is 9.97 Å². The number of hydrogen-bond donors (Lipinski definition) is 0. The molecule has 0 aliphatic carbocycles. The number of urea groups is 1. The van der Waals surface area contributed by atoms with E-state index in [9.17, 15) is 14.4 Å². The van der Waals surface area contributed by atoms with Crippen LogP contribution in [0.5, 0.6) is 11.8 Å². The van der Waals surface area contributed by atoms with Gasteiger partial charge in [-0.15, -0.1) is 0 Å². The van der Waals surface area contributed by atoms with Crippen LogP contribution in [-0.4, -0.2) is 77.2 Å². The number of methoxy groups -OCH3 is 1. The third-order valence-corrected chi connectivity index (χ3v) is 4.35. The van der Waals surface area contributed by atoms with Gasteiger partial charge < -0.3 is 14.4 Å². The van der Waals surface area contributed by atoms with Crippen LogP contribution >= 0.6 is 0 Å². The Balaban J connectivity index is 1.54. The van der Waals surface area contributed by atoms with E-state index in [-0.39, 0.29) is 18.0 Å². The van der Waals surface area contributed by atoms with E-state index in [1.54, 1.807) is 4.90 Å². The second-order valence-electron chi connectivity index (χ2n) is 5.98. The molecule has 0 bridgehead atoms. The lowest BCUT2D eigenvalue weighted by molar-refractivity contribution is -0.143. The van der Waals surface area contributed by atoms with Crippen molar-refractivity contribution in [1.82, 2.24) is 19.8 Å². The highest BCUT2D eigenvalue weighted by atomic mass is 16.5. The Morgan fingerprint density at radius 3 is 2.46 bits per heavy atom. The number of carbonyl (C=O) groups is 3. The number of hydrogen-bond acceptors (Lipinski definition) is 7. The molecule has 1 fully saturated rings. The molecule has 1 atom stereocenters. The molecule has 3 heterocycles. The quantitative estimate of drug-likeness (QED) is 0.700. The van der Waals surface area contributed by atoms with Crippen molar-refractivity contribution >= 4 is 24.1 Å². The van der Waals surface area contributed by atoms with Gasteiger partial charge in [-0.25, -0.2) is 9.79 Å². The normalized spacial score (nSPS) is 21.1. The number of aliphatic imine (C=N–C) groups is 1. The lowest BCUT2D eigenvalue weighted by Gasteiger charge is -2.34. The highest BCUT2D eigenvalue weighted by molar-refractivity contribution is 6.20. The van der Waals surface area contributed by atoms with E-state index >= 15 is 0 Å². The van der Waals surface area contributed by atoms with Crippen molar-refractivity contribution in [2.75, 3.05) is 27.2 Å². The molecule has 10 heteroatoms. The van der Waals surface area contributed by atoms with Crippen molar-refractivity contribution in [2.45, 2.75) is 18.9 Å². The van der Waals surface area contributed by atoms with Crippen LogP contribution in [0.4, 0.5) is 4.79 Å². The van der Waals surface area contributed by atoms with E-state index in [1.807, 2.05) is 0 Å². The summed E-state index contributed by atoms with van der Waals surface area (Å²) >= 11 is 0. The molecule has 0 spiro atoms. The molecule has 0 radical (unpaired) electrons. The van der Waals surface area contributed by atoms with Gasteiger partial charge in [0.2, 0.25) is 11.8 Å². The van der Waals surface area contributed by atoms with E-state index in [2.05, 4.69) is 15.0 Å². The van der Waals surface area contributed by atoms with E-state index in [4.69, 9.17) is 9.47 Å². The maximum Gasteiger partial charge on any atom is 0.349 e. The van der Waals surface area contributed by atoms with E-state index in [0.717, 1.165) is 11.1 Å². The lowest BCUT2D eigenvalue weighted by Crippen LogP contribution is -2.51. The lowest BCUT2D eigenvalue weighted by atomic mass is 10.0. The molecule has 1 aromatic heterocycles. The van der Waals surface area contributed by atoms with Crippen molar-refractivity contribution in [3.05, 3.63) is 12.4 Å². The Hall–Kier alpha value is -3.04. The van der Waals surface area contributed by atoms with Crippen LogP contribution in [0.2, 0.25) is 0 Å². The number of imide groups is 1. The van der Waals surface area contributed by atoms with E-state index in [1.165, 1.54) is 26.6 Å². The van der Waals surface area contributed by atoms with Crippen molar-refractivity contribution in [3.8, 4) is 11.8 Å². The molecule has 4 amide bonds. The smallest absolute Gasteiger partial charge is 0.349 e. The third-order valence-electron chi connectivity index (χ3n) is 4.35. The number of rotatable bonds is 4. The molecular formula is C16H19N5O5. The summed E-state index contributed by atoms with van der Waals surface area (Å²) in [6, 6.07) is -0.407. The van der Waals surface area contributed by atoms with Gasteiger partial charge in [0.05, 0.1) is 19.5 Å². The van der Waals surface area contributed by atoms with Gasteiger partial charge in [0.25, 0.3) is 0 Å². The number of likely N-dealkylation sites (tertiary alicyclic amines) is 1. The number of ether oxygens (including phenoxy) is 2. The molecule has 1 aromatic rings. The molecule has 2 aliphatic heterocycles. The van der Waals surface area contributed by atoms with Crippen molar-refractivity contribution in [2.24, 2.45) is 10.9 Å². The second-order valence-corrected chi connectivity index (χ2v) is 5.98. The molecule has 26 heavy (non-hydrogen) atoms. The fourth-order valence-corrected chi connectivity index (χ4v) is 2.77. The summed E-state index contributed by atoms with van der Waals surface area (Å²) in [4.78, 5) is 50.1. The third kappa shape index (κ3) is 3.63. The zero-order valence-corrected chi connectivity index (χ0v) is 14.5. The van der Waals surface area contributed by atoms with Crippen molar-refractivity contribution in [3.63, 3.8) is 0 Å². The van der Waals surface area contributed by atoms with Crippen molar-refractivity contribution in [1.29, 1.82) is 0 Å². The zero-order valence-electron chi connectivity index (χ0n) is 14.5. The molecule has 0 N–H and O–H groups in total. The van der Waals surface area contributed by atoms with Crippen LogP contribution < -0.4 is 9.47 Å². The molecular weight excluding hydrogens is 342 g/mol. The summed E-state index contributed by atoms with van der Waals surface area (Å²) in [5.41, 5.74) is 0. The highest BCUT2D eigenvalue weighted by Crippen LogP contribution is 2.19. The maximum atomic E-state index is 12.5. The van der Waals surface area contributed by atoms with Gasteiger partial charge >= 0.3 is 12.0 Å². The summed E-state index contributed by atoms with van der Waals surface area (Å²) in [5, 5.41) is 0. The number of piperidine rings is 1. The first-order chi connectivity index (χ1) is 12.5. The average Bonchev–Trinajstić information content (AvgIpc) is 2.67. The molecule has 10 nitrogen and oxygen atoms in total. The molecule has 1 unspecified atom stereocenters. The predicted molar refractivity (Wildman–Crippen MR) is 89.0 cm³/mol. The number of aromatic nitrogens is 2. The molecule has 2 aliphatic rings. The number of carbonyl (C=O) groups excluding carboxylic acids is 3. The fraction of sp³-hybridized carbons (Fsp3) is 0.500. The molecule has 0 saturated carbocycles. The standard InChI is InChI=1S/C16H19N5O5/c1-20-13(22)12(9-19-16(20)24)14(23)21-5-3-10(4-6-21)26-15-17-7-11(25-2)8-18-15/h7-10,12H,3-6H2,1-2H3. The molecule has 0 aromatic carbocycles. The first-order valence-electron chi connectivity index (χ1n) is 8.17. The Morgan fingerprint density at radius 2 is 1.85 bits per heavy atom. The Kier molecular flexibility index (Phi) is 5.10. The zero-order chi connectivity index (χ0) is 18.7. The minimum Gasteiger partial charge on any atom is -0.494 e. The number of amides is 4.